The number of aliphatic carboxylic acids is 1. The summed E-state index contributed by atoms with van der Waals surface area (Å²) in [6, 6.07) is -0.708. The SMILES string of the molecule is CCNC(=O)N1[C@@H]2CCCC[C@H]2C[C@H]1C(=O)O. The largest absolute Gasteiger partial charge is 0.480 e. The molecule has 17 heavy (non-hydrogen) atoms. The molecule has 96 valence electrons. The van der Waals surface area contributed by atoms with E-state index in [1.807, 2.05) is 6.92 Å². The van der Waals surface area contributed by atoms with Crippen LogP contribution in [-0.2, 0) is 4.79 Å². The molecule has 2 aliphatic rings. The standard InChI is InChI=1S/C12H20N2O3/c1-2-13-12(17)14-9-6-4-3-5-8(9)7-10(14)11(15)16/h8-10H,2-7H2,1H3,(H,13,17)(H,15,16)/t8-,9+,10-/m0/s1. The summed E-state index contributed by atoms with van der Waals surface area (Å²) in [6.07, 6.45) is 4.90. The average Bonchev–Trinajstić information content (AvgIpc) is 2.68. The van der Waals surface area contributed by atoms with E-state index >= 15 is 0 Å². The van der Waals surface area contributed by atoms with E-state index in [2.05, 4.69) is 5.32 Å². The fraction of sp³-hybridized carbons (Fsp3) is 0.833. The summed E-state index contributed by atoms with van der Waals surface area (Å²) in [5.41, 5.74) is 0. The Labute approximate surface area is 101 Å². The molecule has 2 fully saturated rings. The van der Waals surface area contributed by atoms with Crippen molar-refractivity contribution in [1.29, 1.82) is 0 Å². The number of fused-ring (bicyclic) bond motifs is 1. The molecule has 0 aromatic carbocycles. The van der Waals surface area contributed by atoms with E-state index < -0.39 is 12.0 Å². The molecule has 0 bridgehead atoms. The molecule has 1 saturated heterocycles. The normalized spacial score (nSPS) is 32.1. The number of urea groups is 1. The number of carbonyl (C=O) groups is 2. The minimum absolute atomic E-state index is 0.136. The molecule has 3 atom stereocenters. The van der Waals surface area contributed by atoms with Gasteiger partial charge in [0.05, 0.1) is 0 Å². The molecule has 0 unspecified atom stereocenters. The zero-order valence-corrected chi connectivity index (χ0v) is 10.2. The first-order valence-corrected chi connectivity index (χ1v) is 6.44. The fourth-order valence-corrected chi connectivity index (χ4v) is 3.22. The van der Waals surface area contributed by atoms with Crippen molar-refractivity contribution in [3.63, 3.8) is 0 Å². The summed E-state index contributed by atoms with van der Waals surface area (Å²) in [6.45, 7) is 2.39. The Morgan fingerprint density at radius 3 is 2.71 bits per heavy atom. The lowest BCUT2D eigenvalue weighted by atomic mass is 9.85. The second kappa shape index (κ2) is 4.94. The van der Waals surface area contributed by atoms with Crippen LogP contribution in [0.5, 0.6) is 0 Å². The molecule has 0 spiro atoms. The Hall–Kier alpha value is -1.26. The number of rotatable bonds is 2. The van der Waals surface area contributed by atoms with Crippen LogP contribution >= 0.6 is 0 Å². The number of nitrogens with one attached hydrogen (secondary N) is 1. The van der Waals surface area contributed by atoms with Gasteiger partial charge in [-0.15, -0.1) is 0 Å². The molecule has 5 heteroatoms. The van der Waals surface area contributed by atoms with Crippen LogP contribution in [0.25, 0.3) is 0 Å². The van der Waals surface area contributed by atoms with Crippen molar-refractivity contribution < 1.29 is 14.7 Å². The third kappa shape index (κ3) is 2.23. The minimum atomic E-state index is -0.870. The Bertz CT molecular complexity index is 319. The van der Waals surface area contributed by atoms with E-state index in [0.717, 1.165) is 25.7 Å². The van der Waals surface area contributed by atoms with Crippen LogP contribution in [0.15, 0.2) is 0 Å². The van der Waals surface area contributed by atoms with Crippen molar-refractivity contribution in [2.45, 2.75) is 51.1 Å². The molecule has 0 aromatic rings. The Balaban J connectivity index is 2.17. The Kier molecular flexibility index (Phi) is 3.54. The first-order chi connectivity index (χ1) is 8.15. The van der Waals surface area contributed by atoms with Crippen LogP contribution in [0.2, 0.25) is 0 Å². The van der Waals surface area contributed by atoms with Gasteiger partial charge in [-0.1, -0.05) is 12.8 Å². The van der Waals surface area contributed by atoms with Crippen LogP contribution in [-0.4, -0.2) is 40.6 Å². The number of carbonyl (C=O) groups excluding carboxylic acids is 1. The molecule has 5 nitrogen and oxygen atoms in total. The monoisotopic (exact) mass is 240 g/mol. The average molecular weight is 240 g/mol. The van der Waals surface area contributed by atoms with E-state index in [0.29, 0.717) is 18.9 Å². The topological polar surface area (TPSA) is 69.6 Å². The number of hydrogen-bond donors (Lipinski definition) is 2. The molecule has 0 radical (unpaired) electrons. The molecule has 1 aliphatic carbocycles. The van der Waals surface area contributed by atoms with E-state index in [-0.39, 0.29) is 12.1 Å². The number of hydrogen-bond acceptors (Lipinski definition) is 2. The second-order valence-corrected chi connectivity index (χ2v) is 4.94. The molecular formula is C12H20N2O3. The van der Waals surface area contributed by atoms with Crippen LogP contribution < -0.4 is 5.32 Å². The van der Waals surface area contributed by atoms with Crippen LogP contribution in [0.3, 0.4) is 0 Å². The lowest BCUT2D eigenvalue weighted by molar-refractivity contribution is -0.141. The van der Waals surface area contributed by atoms with Crippen molar-refractivity contribution in [2.24, 2.45) is 5.92 Å². The fourth-order valence-electron chi connectivity index (χ4n) is 3.22. The van der Waals surface area contributed by atoms with Crippen molar-refractivity contribution in [2.75, 3.05) is 6.54 Å². The highest BCUT2D eigenvalue weighted by molar-refractivity contribution is 5.83. The Morgan fingerprint density at radius 2 is 2.06 bits per heavy atom. The quantitative estimate of drug-likeness (QED) is 0.767. The molecule has 0 aromatic heterocycles. The van der Waals surface area contributed by atoms with Gasteiger partial charge in [-0.05, 0) is 32.1 Å². The van der Waals surface area contributed by atoms with Crippen molar-refractivity contribution in [3.8, 4) is 0 Å². The molecule has 1 aliphatic heterocycles. The summed E-state index contributed by atoms with van der Waals surface area (Å²) in [5, 5.41) is 12.0. The molecule has 1 heterocycles. The number of amides is 2. The summed E-state index contributed by atoms with van der Waals surface area (Å²) < 4.78 is 0. The smallest absolute Gasteiger partial charge is 0.326 e. The van der Waals surface area contributed by atoms with Gasteiger partial charge in [0.1, 0.15) is 6.04 Å². The number of carboxylic acids is 1. The summed E-state index contributed by atoms with van der Waals surface area (Å²) in [5.74, 6) is -0.488. The lowest BCUT2D eigenvalue weighted by Crippen LogP contribution is -2.50. The molecule has 2 N–H and O–H groups in total. The molecule has 2 rings (SSSR count). The van der Waals surface area contributed by atoms with E-state index in [1.165, 1.54) is 0 Å². The van der Waals surface area contributed by atoms with Gasteiger partial charge in [-0.2, -0.15) is 0 Å². The molecule has 2 amide bonds. The van der Waals surface area contributed by atoms with Gasteiger partial charge in [0.15, 0.2) is 0 Å². The van der Waals surface area contributed by atoms with Gasteiger partial charge in [-0.3, -0.25) is 0 Å². The third-order valence-corrected chi connectivity index (χ3v) is 3.94. The van der Waals surface area contributed by atoms with E-state index in [9.17, 15) is 14.7 Å². The van der Waals surface area contributed by atoms with E-state index in [1.54, 1.807) is 4.90 Å². The maximum atomic E-state index is 12.0. The lowest BCUT2D eigenvalue weighted by Gasteiger charge is -2.32. The molecule has 1 saturated carbocycles. The first-order valence-electron chi connectivity index (χ1n) is 6.44. The summed E-state index contributed by atoms with van der Waals surface area (Å²) in [7, 11) is 0. The van der Waals surface area contributed by atoms with Crippen LogP contribution in [0.4, 0.5) is 4.79 Å². The third-order valence-electron chi connectivity index (χ3n) is 3.94. The predicted molar refractivity (Wildman–Crippen MR) is 62.7 cm³/mol. The number of carboxylic acid groups (broad SMARTS) is 1. The van der Waals surface area contributed by atoms with Gasteiger partial charge < -0.3 is 15.3 Å². The van der Waals surface area contributed by atoms with Gasteiger partial charge in [0.25, 0.3) is 0 Å². The first kappa shape index (κ1) is 12.2. The highest BCUT2D eigenvalue weighted by Gasteiger charge is 2.47. The second-order valence-electron chi connectivity index (χ2n) is 4.94. The van der Waals surface area contributed by atoms with Gasteiger partial charge in [0, 0.05) is 12.6 Å². The highest BCUT2D eigenvalue weighted by Crippen LogP contribution is 2.39. The predicted octanol–water partition coefficient (Wildman–Crippen LogP) is 1.43. The van der Waals surface area contributed by atoms with Gasteiger partial charge in [0.2, 0.25) is 0 Å². The number of likely N-dealkylation sites (tertiary alicyclic amines) is 1. The van der Waals surface area contributed by atoms with Crippen LogP contribution in [0, 0.1) is 5.92 Å². The van der Waals surface area contributed by atoms with Crippen molar-refractivity contribution in [3.05, 3.63) is 0 Å². The van der Waals surface area contributed by atoms with Crippen LogP contribution in [0.1, 0.15) is 39.0 Å². The van der Waals surface area contributed by atoms with Gasteiger partial charge >= 0.3 is 12.0 Å². The highest BCUT2D eigenvalue weighted by atomic mass is 16.4. The maximum Gasteiger partial charge on any atom is 0.326 e. The maximum absolute atomic E-state index is 12.0. The van der Waals surface area contributed by atoms with Crippen molar-refractivity contribution >= 4 is 12.0 Å². The summed E-state index contributed by atoms with van der Waals surface area (Å²) in [4.78, 5) is 24.8. The zero-order valence-electron chi connectivity index (χ0n) is 10.2. The Morgan fingerprint density at radius 1 is 1.35 bits per heavy atom. The summed E-state index contributed by atoms with van der Waals surface area (Å²) >= 11 is 0. The van der Waals surface area contributed by atoms with Crippen molar-refractivity contribution in [1.82, 2.24) is 10.2 Å². The molecular weight excluding hydrogens is 220 g/mol. The number of nitrogens with zero attached hydrogens (tertiary/aromatic N) is 1. The minimum Gasteiger partial charge on any atom is -0.480 e. The van der Waals surface area contributed by atoms with Gasteiger partial charge in [-0.25, -0.2) is 9.59 Å². The van der Waals surface area contributed by atoms with E-state index in [4.69, 9.17) is 0 Å². The zero-order chi connectivity index (χ0) is 12.4.